The second-order valence-corrected chi connectivity index (χ2v) is 5.37. The molecule has 4 rings (SSSR count). The summed E-state index contributed by atoms with van der Waals surface area (Å²) in [6.45, 7) is 0. The predicted octanol–water partition coefficient (Wildman–Crippen LogP) is 4.81. The first-order valence-corrected chi connectivity index (χ1v) is 7.25. The third kappa shape index (κ3) is 1.98. The first-order valence-electron chi connectivity index (χ1n) is 6.87. The molecule has 1 aromatic heterocycles. The fourth-order valence-corrected chi connectivity index (χ4v) is 2.92. The highest BCUT2D eigenvalue weighted by Gasteiger charge is 2.12. The number of hydrogen-bond donors (Lipinski definition) is 1. The van der Waals surface area contributed by atoms with Crippen molar-refractivity contribution in [2.75, 3.05) is 0 Å². The number of benzene rings is 3. The molecule has 0 saturated heterocycles. The van der Waals surface area contributed by atoms with E-state index in [9.17, 15) is 5.11 Å². The maximum absolute atomic E-state index is 10.1. The summed E-state index contributed by atoms with van der Waals surface area (Å²) < 4.78 is 0. The van der Waals surface area contributed by atoms with Crippen LogP contribution in [0.3, 0.4) is 0 Å². The van der Waals surface area contributed by atoms with Crippen molar-refractivity contribution in [2.45, 2.75) is 0 Å². The normalized spacial score (nSPS) is 11.1. The average Bonchev–Trinajstić information content (AvgIpc) is 2.55. The smallest absolute Gasteiger partial charge is 0.223 e. The molecule has 0 spiro atoms. The van der Waals surface area contributed by atoms with Gasteiger partial charge in [-0.05, 0) is 35.2 Å². The zero-order valence-electron chi connectivity index (χ0n) is 11.5. The lowest BCUT2D eigenvalue weighted by Crippen LogP contribution is -1.92. The Kier molecular flexibility index (Phi) is 2.94. The highest BCUT2D eigenvalue weighted by molar-refractivity contribution is 6.29. The summed E-state index contributed by atoms with van der Waals surface area (Å²) >= 11 is 6.08. The van der Waals surface area contributed by atoms with Gasteiger partial charge in [-0.15, -0.1) is 0 Å². The Bertz CT molecular complexity index is 1010. The van der Waals surface area contributed by atoms with E-state index in [1.807, 2.05) is 54.6 Å². The van der Waals surface area contributed by atoms with Crippen molar-refractivity contribution >= 4 is 33.3 Å². The number of rotatable bonds is 1. The molecule has 4 aromatic rings. The number of para-hydroxylation sites is 1. The number of fused-ring (bicyclic) bond motifs is 2. The number of phenols is 1. The molecule has 0 atom stereocenters. The molecular weight excluding hydrogens is 296 g/mol. The van der Waals surface area contributed by atoms with Gasteiger partial charge in [0.2, 0.25) is 5.28 Å². The Morgan fingerprint density at radius 1 is 0.727 bits per heavy atom. The third-order valence-electron chi connectivity index (χ3n) is 3.73. The van der Waals surface area contributed by atoms with Crippen LogP contribution in [0.25, 0.3) is 32.9 Å². The number of halogens is 1. The van der Waals surface area contributed by atoms with Crippen LogP contribution in [0.2, 0.25) is 5.28 Å². The summed E-state index contributed by atoms with van der Waals surface area (Å²) in [5.74, 6) is 0.254. The molecular formula is C18H11ClN2O. The van der Waals surface area contributed by atoms with Gasteiger partial charge in [0.25, 0.3) is 0 Å². The average molecular weight is 307 g/mol. The number of phenolic OH excluding ortho intramolecular Hbond substituents is 1. The molecule has 0 saturated carbocycles. The van der Waals surface area contributed by atoms with Crippen LogP contribution in [0.1, 0.15) is 0 Å². The third-order valence-corrected chi connectivity index (χ3v) is 3.90. The SMILES string of the molecule is Oc1ccc(-c2nc(Cl)nc3ccccc23)c2ccccc12. The molecule has 3 aromatic carbocycles. The van der Waals surface area contributed by atoms with Crippen molar-refractivity contribution < 1.29 is 5.11 Å². The van der Waals surface area contributed by atoms with E-state index in [2.05, 4.69) is 9.97 Å². The fraction of sp³-hybridized carbons (Fsp3) is 0. The first kappa shape index (κ1) is 13.0. The van der Waals surface area contributed by atoms with Gasteiger partial charge >= 0.3 is 0 Å². The van der Waals surface area contributed by atoms with E-state index in [1.165, 1.54) is 0 Å². The minimum atomic E-state index is 0.214. The van der Waals surface area contributed by atoms with Crippen molar-refractivity contribution in [3.63, 3.8) is 0 Å². The van der Waals surface area contributed by atoms with Crippen LogP contribution in [0.4, 0.5) is 0 Å². The van der Waals surface area contributed by atoms with Crippen LogP contribution in [0.15, 0.2) is 60.7 Å². The molecule has 0 fully saturated rings. The number of nitrogens with zero attached hydrogens (tertiary/aromatic N) is 2. The minimum absolute atomic E-state index is 0.214. The highest BCUT2D eigenvalue weighted by Crippen LogP contribution is 2.36. The Labute approximate surface area is 131 Å². The summed E-state index contributed by atoms with van der Waals surface area (Å²) in [4.78, 5) is 8.69. The van der Waals surface area contributed by atoms with Gasteiger partial charge in [-0.2, -0.15) is 0 Å². The zero-order chi connectivity index (χ0) is 15.1. The van der Waals surface area contributed by atoms with Crippen molar-refractivity contribution in [3.8, 4) is 17.0 Å². The summed E-state index contributed by atoms with van der Waals surface area (Å²) in [6, 6.07) is 19.0. The molecule has 0 aliphatic carbocycles. The van der Waals surface area contributed by atoms with Crippen molar-refractivity contribution in [2.24, 2.45) is 0 Å². The summed E-state index contributed by atoms with van der Waals surface area (Å²) in [7, 11) is 0. The maximum atomic E-state index is 10.1. The number of aromatic hydroxyl groups is 1. The van der Waals surface area contributed by atoms with E-state index in [0.29, 0.717) is 0 Å². The molecule has 0 radical (unpaired) electrons. The molecule has 3 nitrogen and oxygen atoms in total. The van der Waals surface area contributed by atoms with Crippen LogP contribution >= 0.6 is 11.6 Å². The molecule has 1 N–H and O–H groups in total. The lowest BCUT2D eigenvalue weighted by Gasteiger charge is -2.10. The van der Waals surface area contributed by atoms with E-state index in [-0.39, 0.29) is 11.0 Å². The van der Waals surface area contributed by atoms with Gasteiger partial charge in [0.15, 0.2) is 0 Å². The Hall–Kier alpha value is -2.65. The first-order chi connectivity index (χ1) is 10.7. The molecule has 0 unspecified atom stereocenters. The van der Waals surface area contributed by atoms with Crippen LogP contribution in [0.5, 0.6) is 5.75 Å². The van der Waals surface area contributed by atoms with Gasteiger partial charge in [-0.3, -0.25) is 0 Å². The van der Waals surface area contributed by atoms with E-state index in [1.54, 1.807) is 6.07 Å². The van der Waals surface area contributed by atoms with Crippen molar-refractivity contribution in [3.05, 3.63) is 65.9 Å². The van der Waals surface area contributed by atoms with Crippen molar-refractivity contribution in [1.82, 2.24) is 9.97 Å². The summed E-state index contributed by atoms with van der Waals surface area (Å²) in [6.07, 6.45) is 0. The van der Waals surface area contributed by atoms with E-state index in [4.69, 9.17) is 11.6 Å². The summed E-state index contributed by atoms with van der Waals surface area (Å²) in [5, 5.41) is 12.9. The quantitative estimate of drug-likeness (QED) is 0.513. The molecule has 0 amide bonds. The molecule has 0 bridgehead atoms. The molecule has 106 valence electrons. The van der Waals surface area contributed by atoms with Gasteiger partial charge in [-0.25, -0.2) is 9.97 Å². The lowest BCUT2D eigenvalue weighted by atomic mass is 9.99. The molecule has 4 heteroatoms. The zero-order valence-corrected chi connectivity index (χ0v) is 12.2. The molecule has 0 aliphatic heterocycles. The molecule has 22 heavy (non-hydrogen) atoms. The van der Waals surface area contributed by atoms with Gasteiger partial charge < -0.3 is 5.11 Å². The van der Waals surface area contributed by atoms with Gasteiger partial charge in [0.1, 0.15) is 5.75 Å². The highest BCUT2D eigenvalue weighted by atomic mass is 35.5. The van der Waals surface area contributed by atoms with Gasteiger partial charge in [0, 0.05) is 16.3 Å². The van der Waals surface area contributed by atoms with Crippen LogP contribution in [0, 0.1) is 0 Å². The molecule has 1 heterocycles. The number of hydrogen-bond acceptors (Lipinski definition) is 3. The van der Waals surface area contributed by atoms with Crippen molar-refractivity contribution in [1.29, 1.82) is 0 Å². The summed E-state index contributed by atoms with van der Waals surface area (Å²) in [5.41, 5.74) is 2.50. The van der Waals surface area contributed by atoms with E-state index < -0.39 is 0 Å². The maximum Gasteiger partial charge on any atom is 0.223 e. The standard InChI is InChI=1S/C18H11ClN2O/c19-18-20-15-8-4-3-7-14(15)17(21-18)13-9-10-16(22)12-6-2-1-5-11(12)13/h1-10,22H. The van der Waals surface area contributed by atoms with Gasteiger partial charge in [-0.1, -0.05) is 42.5 Å². The predicted molar refractivity (Wildman–Crippen MR) is 89.2 cm³/mol. The second-order valence-electron chi connectivity index (χ2n) is 5.04. The Morgan fingerprint density at radius 3 is 2.23 bits per heavy atom. The Balaban J connectivity index is 2.15. The van der Waals surface area contributed by atoms with Crippen LogP contribution < -0.4 is 0 Å². The fourth-order valence-electron chi connectivity index (χ4n) is 2.74. The van der Waals surface area contributed by atoms with E-state index in [0.717, 1.165) is 32.9 Å². The number of aromatic nitrogens is 2. The lowest BCUT2D eigenvalue weighted by molar-refractivity contribution is 0.481. The Morgan fingerprint density at radius 2 is 1.41 bits per heavy atom. The monoisotopic (exact) mass is 306 g/mol. The second kappa shape index (κ2) is 4.97. The van der Waals surface area contributed by atoms with E-state index >= 15 is 0 Å². The van der Waals surface area contributed by atoms with Crippen LogP contribution in [-0.4, -0.2) is 15.1 Å². The topological polar surface area (TPSA) is 46.0 Å². The van der Waals surface area contributed by atoms with Gasteiger partial charge in [0.05, 0.1) is 11.2 Å². The minimum Gasteiger partial charge on any atom is -0.507 e. The largest absolute Gasteiger partial charge is 0.507 e. The van der Waals surface area contributed by atoms with Crippen LogP contribution in [-0.2, 0) is 0 Å². The molecule has 0 aliphatic rings.